The number of hydrogen-bond donors (Lipinski definition) is 0. The van der Waals surface area contributed by atoms with Gasteiger partial charge in [0.15, 0.2) is 0 Å². The Morgan fingerprint density at radius 3 is 1.58 bits per heavy atom. The van der Waals surface area contributed by atoms with Crippen LogP contribution in [0.25, 0.3) is 72.3 Å². The van der Waals surface area contributed by atoms with Crippen molar-refractivity contribution in [3.05, 3.63) is 164 Å². The standard InChI is InChI=1S/C40H27N3/c1-3-10-28(11-4-1)30-20-22-41-37(25-30)32-14-9-15-34(24-32)43-39-17-8-7-16-35(39)36-19-18-33(27-40(36)43)38-26-31(21-23-42-38)29-12-5-2-6-13-29/h1-27H. The molecule has 5 aromatic carbocycles. The molecule has 0 amide bonds. The highest BCUT2D eigenvalue weighted by molar-refractivity contribution is 6.10. The number of rotatable bonds is 5. The maximum atomic E-state index is 4.77. The van der Waals surface area contributed by atoms with Crippen molar-refractivity contribution < 1.29 is 0 Å². The van der Waals surface area contributed by atoms with Gasteiger partial charge in [-0.15, -0.1) is 0 Å². The van der Waals surface area contributed by atoms with E-state index in [1.807, 2.05) is 24.5 Å². The van der Waals surface area contributed by atoms with E-state index in [4.69, 9.17) is 9.97 Å². The normalized spacial score (nSPS) is 11.3. The van der Waals surface area contributed by atoms with Crippen LogP contribution in [-0.4, -0.2) is 14.5 Å². The topological polar surface area (TPSA) is 30.7 Å². The zero-order valence-corrected chi connectivity index (χ0v) is 23.4. The number of nitrogens with zero attached hydrogens (tertiary/aromatic N) is 3. The van der Waals surface area contributed by atoms with Crippen LogP contribution in [0.5, 0.6) is 0 Å². The minimum absolute atomic E-state index is 0.951. The molecule has 3 heteroatoms. The maximum Gasteiger partial charge on any atom is 0.0708 e. The number of fused-ring (bicyclic) bond motifs is 3. The zero-order valence-electron chi connectivity index (χ0n) is 23.4. The van der Waals surface area contributed by atoms with Crippen LogP contribution in [0.4, 0.5) is 0 Å². The Morgan fingerprint density at radius 1 is 0.349 bits per heavy atom. The van der Waals surface area contributed by atoms with E-state index in [9.17, 15) is 0 Å². The highest BCUT2D eigenvalue weighted by Crippen LogP contribution is 2.36. The molecule has 0 aliphatic carbocycles. The molecule has 0 unspecified atom stereocenters. The van der Waals surface area contributed by atoms with Gasteiger partial charge in [0.05, 0.1) is 22.4 Å². The van der Waals surface area contributed by atoms with Crippen molar-refractivity contribution in [3.8, 4) is 50.5 Å². The number of para-hydroxylation sites is 1. The second kappa shape index (κ2) is 10.6. The van der Waals surface area contributed by atoms with Crippen LogP contribution in [0.2, 0.25) is 0 Å². The van der Waals surface area contributed by atoms with Gasteiger partial charge in [-0.2, -0.15) is 0 Å². The van der Waals surface area contributed by atoms with Crippen molar-refractivity contribution in [2.75, 3.05) is 0 Å². The molecule has 202 valence electrons. The molecule has 0 bridgehead atoms. The average Bonchev–Trinajstić information content (AvgIpc) is 3.43. The first kappa shape index (κ1) is 25.0. The third-order valence-corrected chi connectivity index (χ3v) is 8.10. The van der Waals surface area contributed by atoms with Gasteiger partial charge in [-0.25, -0.2) is 0 Å². The summed E-state index contributed by atoms with van der Waals surface area (Å²) >= 11 is 0. The first-order valence-electron chi connectivity index (χ1n) is 14.5. The molecule has 3 nitrogen and oxygen atoms in total. The van der Waals surface area contributed by atoms with Crippen LogP contribution < -0.4 is 0 Å². The largest absolute Gasteiger partial charge is 0.309 e. The van der Waals surface area contributed by atoms with Crippen LogP contribution in [0.1, 0.15) is 0 Å². The van der Waals surface area contributed by atoms with Gasteiger partial charge in [-0.1, -0.05) is 103 Å². The van der Waals surface area contributed by atoms with Gasteiger partial charge in [0.25, 0.3) is 0 Å². The van der Waals surface area contributed by atoms with E-state index >= 15 is 0 Å². The molecule has 3 heterocycles. The molecule has 8 rings (SSSR count). The summed E-state index contributed by atoms with van der Waals surface area (Å²) in [6, 6.07) is 53.4. The van der Waals surface area contributed by atoms with Gasteiger partial charge in [-0.3, -0.25) is 9.97 Å². The smallest absolute Gasteiger partial charge is 0.0708 e. The molecule has 0 aliphatic heterocycles. The summed E-state index contributed by atoms with van der Waals surface area (Å²) in [6.07, 6.45) is 3.80. The number of pyridine rings is 2. The molecule has 0 saturated carbocycles. The van der Waals surface area contributed by atoms with Gasteiger partial charge in [0, 0.05) is 40.0 Å². The Balaban J connectivity index is 1.27. The fourth-order valence-corrected chi connectivity index (χ4v) is 6.01. The summed E-state index contributed by atoms with van der Waals surface area (Å²) in [5, 5.41) is 2.44. The Kier molecular flexibility index (Phi) is 6.12. The second-order valence-corrected chi connectivity index (χ2v) is 10.7. The molecular formula is C40H27N3. The molecule has 8 aromatic rings. The number of hydrogen-bond acceptors (Lipinski definition) is 2. The van der Waals surface area contributed by atoms with Gasteiger partial charge in [0.1, 0.15) is 0 Å². The highest BCUT2D eigenvalue weighted by Gasteiger charge is 2.15. The van der Waals surface area contributed by atoms with Crippen LogP contribution in [0.15, 0.2) is 164 Å². The molecule has 43 heavy (non-hydrogen) atoms. The van der Waals surface area contributed by atoms with Crippen molar-refractivity contribution in [1.82, 2.24) is 14.5 Å². The van der Waals surface area contributed by atoms with Crippen LogP contribution in [0, 0.1) is 0 Å². The van der Waals surface area contributed by atoms with Crippen molar-refractivity contribution in [2.24, 2.45) is 0 Å². The SMILES string of the molecule is c1ccc(-c2ccnc(-c3cccc(-n4c5ccccc5c5ccc(-c6cc(-c7ccccc7)ccn6)cc54)c3)c2)cc1. The van der Waals surface area contributed by atoms with Crippen molar-refractivity contribution >= 4 is 21.8 Å². The molecule has 0 aliphatic rings. The molecule has 0 N–H and O–H groups in total. The summed E-state index contributed by atoms with van der Waals surface area (Å²) in [5.74, 6) is 0. The van der Waals surface area contributed by atoms with Crippen molar-refractivity contribution in [2.45, 2.75) is 0 Å². The molecule has 0 fully saturated rings. The Morgan fingerprint density at radius 2 is 0.907 bits per heavy atom. The van der Waals surface area contributed by atoms with E-state index < -0.39 is 0 Å². The lowest BCUT2D eigenvalue weighted by Crippen LogP contribution is -1.95. The first-order valence-corrected chi connectivity index (χ1v) is 14.5. The van der Waals surface area contributed by atoms with E-state index in [1.54, 1.807) is 0 Å². The van der Waals surface area contributed by atoms with Gasteiger partial charge in [-0.05, 0) is 70.8 Å². The van der Waals surface area contributed by atoms with Gasteiger partial charge in [0.2, 0.25) is 0 Å². The van der Waals surface area contributed by atoms with Crippen LogP contribution >= 0.6 is 0 Å². The Hall–Kier alpha value is -5.80. The summed E-state index contributed by atoms with van der Waals surface area (Å²) in [5.41, 5.74) is 12.2. The van der Waals surface area contributed by atoms with Crippen molar-refractivity contribution in [1.29, 1.82) is 0 Å². The van der Waals surface area contributed by atoms with Crippen LogP contribution in [-0.2, 0) is 0 Å². The maximum absolute atomic E-state index is 4.77. The summed E-state index contributed by atoms with van der Waals surface area (Å²) in [7, 11) is 0. The Bertz CT molecular complexity index is 2230. The molecule has 0 spiro atoms. The predicted molar refractivity (Wildman–Crippen MR) is 178 cm³/mol. The fraction of sp³-hybridized carbons (Fsp3) is 0. The predicted octanol–water partition coefficient (Wildman–Crippen LogP) is 10.2. The molecule has 0 atom stereocenters. The minimum atomic E-state index is 0.951. The summed E-state index contributed by atoms with van der Waals surface area (Å²) < 4.78 is 2.36. The van der Waals surface area contributed by atoms with E-state index in [1.165, 1.54) is 27.4 Å². The second-order valence-electron chi connectivity index (χ2n) is 10.7. The molecule has 3 aromatic heterocycles. The third kappa shape index (κ3) is 4.58. The summed E-state index contributed by atoms with van der Waals surface area (Å²) in [4.78, 5) is 9.52. The third-order valence-electron chi connectivity index (χ3n) is 8.10. The van der Waals surface area contributed by atoms with E-state index in [0.717, 1.165) is 44.8 Å². The summed E-state index contributed by atoms with van der Waals surface area (Å²) in [6.45, 7) is 0. The van der Waals surface area contributed by atoms with Gasteiger partial charge < -0.3 is 4.57 Å². The van der Waals surface area contributed by atoms with E-state index in [2.05, 4.69) is 144 Å². The zero-order chi connectivity index (χ0) is 28.6. The molecule has 0 saturated heterocycles. The Labute approximate surface area is 250 Å². The lowest BCUT2D eigenvalue weighted by molar-refractivity contribution is 1.18. The number of benzene rings is 5. The lowest BCUT2D eigenvalue weighted by Gasteiger charge is -2.12. The number of aromatic nitrogens is 3. The average molecular weight is 550 g/mol. The first-order chi connectivity index (χ1) is 21.3. The van der Waals surface area contributed by atoms with E-state index in [0.29, 0.717) is 0 Å². The molecule has 0 radical (unpaired) electrons. The lowest BCUT2D eigenvalue weighted by atomic mass is 10.0. The monoisotopic (exact) mass is 549 g/mol. The minimum Gasteiger partial charge on any atom is -0.309 e. The molecular weight excluding hydrogens is 522 g/mol. The van der Waals surface area contributed by atoms with Gasteiger partial charge >= 0.3 is 0 Å². The fourth-order valence-electron chi connectivity index (χ4n) is 6.01. The van der Waals surface area contributed by atoms with Crippen molar-refractivity contribution in [3.63, 3.8) is 0 Å². The van der Waals surface area contributed by atoms with Crippen LogP contribution in [0.3, 0.4) is 0 Å². The quantitative estimate of drug-likeness (QED) is 0.214. The van der Waals surface area contributed by atoms with E-state index in [-0.39, 0.29) is 0 Å². The highest BCUT2D eigenvalue weighted by atomic mass is 15.0.